The SMILES string of the molecule is CCc1c(C(=O)O)ccc(N(O)O)c1CC. The first-order valence-electron chi connectivity index (χ1n) is 5.08. The van der Waals surface area contributed by atoms with Gasteiger partial charge in [0.1, 0.15) is 0 Å². The molecule has 0 radical (unpaired) electrons. The van der Waals surface area contributed by atoms with E-state index >= 15 is 0 Å². The summed E-state index contributed by atoms with van der Waals surface area (Å²) in [6.07, 6.45) is 1.07. The average Bonchev–Trinajstić information content (AvgIpc) is 2.26. The van der Waals surface area contributed by atoms with E-state index in [4.69, 9.17) is 15.5 Å². The van der Waals surface area contributed by atoms with Crippen LogP contribution in [0.5, 0.6) is 0 Å². The fourth-order valence-corrected chi connectivity index (χ4v) is 1.87. The van der Waals surface area contributed by atoms with Crippen molar-refractivity contribution in [3.05, 3.63) is 28.8 Å². The highest BCUT2D eigenvalue weighted by Crippen LogP contribution is 2.26. The molecule has 0 atom stereocenters. The van der Waals surface area contributed by atoms with Crippen LogP contribution in [0, 0.1) is 0 Å². The smallest absolute Gasteiger partial charge is 0.335 e. The van der Waals surface area contributed by atoms with Crippen molar-refractivity contribution >= 4 is 11.7 Å². The second-order valence-electron chi connectivity index (χ2n) is 3.39. The van der Waals surface area contributed by atoms with E-state index in [9.17, 15) is 4.79 Å². The zero-order valence-electron chi connectivity index (χ0n) is 9.27. The van der Waals surface area contributed by atoms with Crippen LogP contribution in [0.2, 0.25) is 0 Å². The van der Waals surface area contributed by atoms with E-state index in [0.29, 0.717) is 24.0 Å². The molecule has 1 aromatic carbocycles. The van der Waals surface area contributed by atoms with Crippen LogP contribution in [0.3, 0.4) is 0 Å². The number of hydrogen-bond acceptors (Lipinski definition) is 4. The topological polar surface area (TPSA) is 81.0 Å². The molecule has 0 amide bonds. The molecule has 0 fully saturated rings. The Morgan fingerprint density at radius 1 is 1.19 bits per heavy atom. The lowest BCUT2D eigenvalue weighted by Crippen LogP contribution is -2.16. The average molecular weight is 225 g/mol. The van der Waals surface area contributed by atoms with Crippen molar-refractivity contribution < 1.29 is 20.3 Å². The Labute approximate surface area is 93.5 Å². The van der Waals surface area contributed by atoms with Crippen LogP contribution in [0.1, 0.15) is 35.3 Å². The molecule has 0 aromatic heterocycles. The highest BCUT2D eigenvalue weighted by Gasteiger charge is 2.17. The minimum Gasteiger partial charge on any atom is -0.478 e. The molecule has 5 nitrogen and oxygen atoms in total. The third-order valence-corrected chi connectivity index (χ3v) is 2.56. The van der Waals surface area contributed by atoms with Gasteiger partial charge in [-0.1, -0.05) is 13.8 Å². The second kappa shape index (κ2) is 4.96. The molecule has 88 valence electrons. The van der Waals surface area contributed by atoms with Crippen LogP contribution in [0.4, 0.5) is 5.69 Å². The molecule has 0 aliphatic carbocycles. The summed E-state index contributed by atoms with van der Waals surface area (Å²) in [5.41, 5.74) is 1.72. The maximum absolute atomic E-state index is 11.0. The molecule has 5 heteroatoms. The number of carboxylic acid groups (broad SMARTS) is 1. The summed E-state index contributed by atoms with van der Waals surface area (Å²) in [5.74, 6) is -1.000. The molecule has 0 unspecified atom stereocenters. The van der Waals surface area contributed by atoms with Gasteiger partial charge >= 0.3 is 5.97 Å². The Morgan fingerprint density at radius 3 is 2.12 bits per heavy atom. The van der Waals surface area contributed by atoms with Gasteiger partial charge in [-0.05, 0) is 36.1 Å². The fourth-order valence-electron chi connectivity index (χ4n) is 1.87. The first-order valence-corrected chi connectivity index (χ1v) is 5.08. The van der Waals surface area contributed by atoms with Gasteiger partial charge < -0.3 is 5.11 Å². The number of rotatable bonds is 4. The number of aromatic carboxylic acids is 1. The Hall–Kier alpha value is -1.59. The van der Waals surface area contributed by atoms with Crippen molar-refractivity contribution in [2.24, 2.45) is 0 Å². The van der Waals surface area contributed by atoms with Gasteiger partial charge in [0.05, 0.1) is 11.3 Å². The third-order valence-electron chi connectivity index (χ3n) is 2.56. The first-order chi connectivity index (χ1) is 7.52. The summed E-state index contributed by atoms with van der Waals surface area (Å²) in [7, 11) is 0. The quantitative estimate of drug-likeness (QED) is 0.683. The van der Waals surface area contributed by atoms with Crippen molar-refractivity contribution in [3.8, 4) is 0 Å². The van der Waals surface area contributed by atoms with E-state index in [2.05, 4.69) is 0 Å². The Morgan fingerprint density at radius 2 is 1.75 bits per heavy atom. The van der Waals surface area contributed by atoms with Crippen LogP contribution < -0.4 is 5.23 Å². The van der Waals surface area contributed by atoms with Crippen LogP contribution in [0.15, 0.2) is 12.1 Å². The number of anilines is 1. The van der Waals surface area contributed by atoms with Gasteiger partial charge in [-0.3, -0.25) is 10.4 Å². The summed E-state index contributed by atoms with van der Waals surface area (Å²) >= 11 is 0. The zero-order chi connectivity index (χ0) is 12.3. The largest absolute Gasteiger partial charge is 0.478 e. The third kappa shape index (κ3) is 2.15. The number of benzene rings is 1. The first kappa shape index (κ1) is 12.5. The molecular formula is C11H15NO4. The summed E-state index contributed by atoms with van der Waals surface area (Å²) in [6, 6.07) is 2.77. The number of hydrogen-bond donors (Lipinski definition) is 3. The van der Waals surface area contributed by atoms with E-state index in [1.807, 2.05) is 13.8 Å². The normalized spacial score (nSPS) is 10.2. The van der Waals surface area contributed by atoms with Gasteiger partial charge in [0.25, 0.3) is 0 Å². The molecule has 1 aromatic rings. The minimum atomic E-state index is -1.000. The van der Waals surface area contributed by atoms with Crippen molar-refractivity contribution in [2.45, 2.75) is 26.7 Å². The fraction of sp³-hybridized carbons (Fsp3) is 0.364. The van der Waals surface area contributed by atoms with E-state index in [1.165, 1.54) is 12.1 Å². The number of carboxylic acids is 1. The highest BCUT2D eigenvalue weighted by molar-refractivity contribution is 5.90. The molecular weight excluding hydrogens is 210 g/mol. The van der Waals surface area contributed by atoms with Gasteiger partial charge in [0.15, 0.2) is 0 Å². The van der Waals surface area contributed by atoms with Crippen LogP contribution >= 0.6 is 0 Å². The Balaban J connectivity index is 3.46. The molecule has 0 spiro atoms. The molecule has 0 saturated carbocycles. The molecule has 16 heavy (non-hydrogen) atoms. The lowest BCUT2D eigenvalue weighted by molar-refractivity contribution is 0.0286. The Kier molecular flexibility index (Phi) is 3.87. The highest BCUT2D eigenvalue weighted by atomic mass is 16.8. The molecule has 0 bridgehead atoms. The van der Waals surface area contributed by atoms with Gasteiger partial charge in [-0.15, -0.1) is 5.23 Å². The van der Waals surface area contributed by atoms with E-state index in [-0.39, 0.29) is 16.5 Å². The molecule has 0 heterocycles. The lowest BCUT2D eigenvalue weighted by Gasteiger charge is -2.17. The summed E-state index contributed by atoms with van der Waals surface area (Å²) in [4.78, 5) is 11.0. The molecule has 0 aliphatic heterocycles. The van der Waals surface area contributed by atoms with E-state index < -0.39 is 5.97 Å². The van der Waals surface area contributed by atoms with Crippen molar-refractivity contribution in [2.75, 3.05) is 5.23 Å². The van der Waals surface area contributed by atoms with Gasteiger partial charge in [0.2, 0.25) is 0 Å². The van der Waals surface area contributed by atoms with Crippen LogP contribution in [-0.2, 0) is 12.8 Å². The maximum atomic E-state index is 11.0. The summed E-state index contributed by atoms with van der Waals surface area (Å²) < 4.78 is 0. The lowest BCUT2D eigenvalue weighted by atomic mass is 9.95. The van der Waals surface area contributed by atoms with E-state index in [1.54, 1.807) is 0 Å². The number of nitrogens with zero attached hydrogens (tertiary/aromatic N) is 1. The molecule has 0 saturated heterocycles. The summed E-state index contributed by atoms with van der Waals surface area (Å²) in [6.45, 7) is 3.68. The summed E-state index contributed by atoms with van der Waals surface area (Å²) in [5, 5.41) is 27.1. The van der Waals surface area contributed by atoms with Crippen molar-refractivity contribution in [1.82, 2.24) is 0 Å². The van der Waals surface area contributed by atoms with Crippen molar-refractivity contribution in [1.29, 1.82) is 0 Å². The monoisotopic (exact) mass is 225 g/mol. The molecule has 1 rings (SSSR count). The molecule has 0 aliphatic rings. The minimum absolute atomic E-state index is 0.0314. The van der Waals surface area contributed by atoms with E-state index in [0.717, 1.165) is 0 Å². The van der Waals surface area contributed by atoms with Gasteiger partial charge in [0, 0.05) is 0 Å². The standard InChI is InChI=1S/C11H15NO4/c1-3-7-8(4-2)10(12(15)16)6-5-9(7)11(13)14/h5-6,15-16H,3-4H2,1-2H3,(H,13,14). The molecule has 3 N–H and O–H groups in total. The van der Waals surface area contributed by atoms with Crippen molar-refractivity contribution in [3.63, 3.8) is 0 Å². The number of carbonyl (C=O) groups is 1. The predicted molar refractivity (Wildman–Crippen MR) is 58.2 cm³/mol. The van der Waals surface area contributed by atoms with Crippen LogP contribution in [0.25, 0.3) is 0 Å². The second-order valence-corrected chi connectivity index (χ2v) is 3.39. The van der Waals surface area contributed by atoms with Gasteiger partial charge in [-0.2, -0.15) is 0 Å². The maximum Gasteiger partial charge on any atom is 0.335 e. The van der Waals surface area contributed by atoms with Crippen LogP contribution in [-0.4, -0.2) is 21.5 Å². The zero-order valence-corrected chi connectivity index (χ0v) is 9.27. The predicted octanol–water partition coefficient (Wildman–Crippen LogP) is 2.09. The van der Waals surface area contributed by atoms with Gasteiger partial charge in [-0.25, -0.2) is 4.79 Å². The Bertz CT molecular complexity index is 401.